The van der Waals surface area contributed by atoms with Crippen LogP contribution in [0.15, 0.2) is 36.5 Å². The van der Waals surface area contributed by atoms with E-state index in [1.165, 1.54) is 6.42 Å². The fourth-order valence-electron chi connectivity index (χ4n) is 2.42. The first-order valence-electron chi connectivity index (χ1n) is 6.42. The van der Waals surface area contributed by atoms with Crippen LogP contribution in [0.1, 0.15) is 19.0 Å². The maximum Gasteiger partial charge on any atom is 0.184 e. The van der Waals surface area contributed by atoms with Gasteiger partial charge in [-0.3, -0.25) is 4.90 Å². The van der Waals surface area contributed by atoms with E-state index in [1.807, 2.05) is 35.0 Å². The Morgan fingerprint density at radius 2 is 2.11 bits per heavy atom. The van der Waals surface area contributed by atoms with Crippen LogP contribution in [-0.2, 0) is 0 Å². The number of hydrogen-bond donors (Lipinski definition) is 0. The summed E-state index contributed by atoms with van der Waals surface area (Å²) in [5, 5.41) is 4.92. The Morgan fingerprint density at radius 3 is 2.79 bits per heavy atom. The van der Waals surface area contributed by atoms with Gasteiger partial charge in [0.2, 0.25) is 0 Å². The molecular weight excluding hydrogens is 262 g/mol. The summed E-state index contributed by atoms with van der Waals surface area (Å²) in [6.45, 7) is 1.08. The normalized spacial score (nSPS) is 19.8. The quantitative estimate of drug-likeness (QED) is 0.859. The number of benzene rings is 1. The second-order valence-electron chi connectivity index (χ2n) is 4.76. The lowest BCUT2D eigenvalue weighted by atomic mass is 10.3. The molecule has 2 aromatic rings. The molecule has 1 unspecified atom stereocenters. The van der Waals surface area contributed by atoms with Crippen molar-refractivity contribution in [2.45, 2.75) is 19.0 Å². The van der Waals surface area contributed by atoms with E-state index in [-0.39, 0.29) is 6.17 Å². The van der Waals surface area contributed by atoms with Crippen LogP contribution in [0.2, 0.25) is 5.15 Å². The number of ether oxygens (including phenoxy) is 1. The van der Waals surface area contributed by atoms with Crippen LogP contribution in [0.3, 0.4) is 0 Å². The number of rotatable bonds is 3. The third-order valence-electron chi connectivity index (χ3n) is 3.44. The lowest BCUT2D eigenvalue weighted by Gasteiger charge is -2.20. The molecule has 0 bridgehead atoms. The standard InChI is InChI=1S/C14H16ClN3O/c1-17-9-5-8-13(17)18-14(15)12(10-16-18)19-11-6-3-2-4-7-11/h2-4,6-7,10,13H,5,8-9H2,1H3. The molecule has 0 aliphatic carbocycles. The van der Waals surface area contributed by atoms with Gasteiger partial charge in [-0.2, -0.15) is 5.10 Å². The summed E-state index contributed by atoms with van der Waals surface area (Å²) in [4.78, 5) is 2.26. The van der Waals surface area contributed by atoms with Gasteiger partial charge in [0.1, 0.15) is 11.9 Å². The molecule has 0 spiro atoms. The zero-order valence-corrected chi connectivity index (χ0v) is 11.5. The van der Waals surface area contributed by atoms with Crippen LogP contribution in [0, 0.1) is 0 Å². The van der Waals surface area contributed by atoms with Crippen LogP contribution < -0.4 is 4.74 Å². The predicted molar refractivity (Wildman–Crippen MR) is 74.7 cm³/mol. The first kappa shape index (κ1) is 12.5. The minimum Gasteiger partial charge on any atom is -0.452 e. The molecule has 1 atom stereocenters. The maximum atomic E-state index is 6.37. The fraction of sp³-hybridized carbons (Fsp3) is 0.357. The highest BCUT2D eigenvalue weighted by atomic mass is 35.5. The Morgan fingerprint density at radius 1 is 1.32 bits per heavy atom. The van der Waals surface area contributed by atoms with Gasteiger partial charge in [0.15, 0.2) is 10.9 Å². The molecule has 0 N–H and O–H groups in total. The van der Waals surface area contributed by atoms with Crippen molar-refractivity contribution in [3.05, 3.63) is 41.7 Å². The Labute approximate surface area is 117 Å². The van der Waals surface area contributed by atoms with Gasteiger partial charge in [-0.05, 0) is 38.6 Å². The monoisotopic (exact) mass is 277 g/mol. The number of aromatic nitrogens is 2. The zero-order chi connectivity index (χ0) is 13.2. The van der Waals surface area contributed by atoms with E-state index in [0.717, 1.165) is 18.7 Å². The highest BCUT2D eigenvalue weighted by Gasteiger charge is 2.26. The molecule has 0 amide bonds. The first-order chi connectivity index (χ1) is 9.25. The summed E-state index contributed by atoms with van der Waals surface area (Å²) in [5.74, 6) is 1.37. The molecule has 1 aliphatic heterocycles. The van der Waals surface area contributed by atoms with Gasteiger partial charge >= 0.3 is 0 Å². The second-order valence-corrected chi connectivity index (χ2v) is 5.12. The number of halogens is 1. The highest BCUT2D eigenvalue weighted by Crippen LogP contribution is 2.34. The number of hydrogen-bond acceptors (Lipinski definition) is 3. The van der Waals surface area contributed by atoms with Gasteiger partial charge in [-0.25, -0.2) is 4.68 Å². The lowest BCUT2D eigenvalue weighted by Crippen LogP contribution is -2.23. The Kier molecular flexibility index (Phi) is 3.44. The fourth-order valence-corrected chi connectivity index (χ4v) is 2.67. The SMILES string of the molecule is CN1CCCC1n1ncc(Oc2ccccc2)c1Cl. The Balaban J connectivity index is 1.83. The van der Waals surface area contributed by atoms with Crippen LogP contribution in [0.25, 0.3) is 0 Å². The highest BCUT2D eigenvalue weighted by molar-refractivity contribution is 6.31. The van der Waals surface area contributed by atoms with E-state index in [9.17, 15) is 0 Å². The molecule has 4 nitrogen and oxygen atoms in total. The molecule has 1 aromatic carbocycles. The topological polar surface area (TPSA) is 30.3 Å². The van der Waals surface area contributed by atoms with Crippen molar-refractivity contribution in [3.63, 3.8) is 0 Å². The van der Waals surface area contributed by atoms with E-state index < -0.39 is 0 Å². The van der Waals surface area contributed by atoms with Gasteiger partial charge in [0.25, 0.3) is 0 Å². The summed E-state index contributed by atoms with van der Waals surface area (Å²) in [5.41, 5.74) is 0. The van der Waals surface area contributed by atoms with E-state index in [0.29, 0.717) is 10.9 Å². The van der Waals surface area contributed by atoms with Crippen molar-refractivity contribution in [2.75, 3.05) is 13.6 Å². The van der Waals surface area contributed by atoms with Crippen molar-refractivity contribution in [1.29, 1.82) is 0 Å². The minimum absolute atomic E-state index is 0.237. The average Bonchev–Trinajstić information content (AvgIpc) is 2.98. The van der Waals surface area contributed by atoms with Gasteiger partial charge in [0, 0.05) is 0 Å². The van der Waals surface area contributed by atoms with E-state index in [2.05, 4.69) is 17.0 Å². The molecule has 1 aromatic heterocycles. The van der Waals surface area contributed by atoms with Gasteiger partial charge in [-0.1, -0.05) is 29.8 Å². The minimum atomic E-state index is 0.237. The second kappa shape index (κ2) is 5.23. The van der Waals surface area contributed by atoms with Gasteiger partial charge < -0.3 is 4.74 Å². The van der Waals surface area contributed by atoms with E-state index in [4.69, 9.17) is 16.3 Å². The molecule has 100 valence electrons. The molecule has 2 heterocycles. The molecule has 0 radical (unpaired) electrons. The van der Waals surface area contributed by atoms with Crippen molar-refractivity contribution < 1.29 is 4.74 Å². The van der Waals surface area contributed by atoms with Crippen molar-refractivity contribution >= 4 is 11.6 Å². The number of nitrogens with zero attached hydrogens (tertiary/aromatic N) is 3. The smallest absolute Gasteiger partial charge is 0.184 e. The third kappa shape index (κ3) is 2.46. The van der Waals surface area contributed by atoms with Crippen molar-refractivity contribution in [1.82, 2.24) is 14.7 Å². The lowest BCUT2D eigenvalue weighted by molar-refractivity contribution is 0.220. The molecule has 1 aliphatic rings. The van der Waals surface area contributed by atoms with Crippen molar-refractivity contribution in [2.24, 2.45) is 0 Å². The number of para-hydroxylation sites is 1. The molecule has 5 heteroatoms. The summed E-state index contributed by atoms with van der Waals surface area (Å²) in [6.07, 6.45) is 4.16. The van der Waals surface area contributed by atoms with Crippen molar-refractivity contribution in [3.8, 4) is 11.5 Å². The Hall–Kier alpha value is -1.52. The summed E-state index contributed by atoms with van der Waals surface area (Å²) < 4.78 is 7.59. The molecule has 0 saturated carbocycles. The average molecular weight is 278 g/mol. The summed E-state index contributed by atoms with van der Waals surface area (Å²) >= 11 is 6.37. The number of likely N-dealkylation sites (tertiary alicyclic amines) is 1. The molecule has 1 saturated heterocycles. The zero-order valence-electron chi connectivity index (χ0n) is 10.8. The summed E-state index contributed by atoms with van der Waals surface area (Å²) in [6, 6.07) is 9.60. The van der Waals surface area contributed by atoms with Gasteiger partial charge in [-0.15, -0.1) is 0 Å². The van der Waals surface area contributed by atoms with E-state index >= 15 is 0 Å². The molecule has 3 rings (SSSR count). The van der Waals surface area contributed by atoms with Crippen LogP contribution in [0.5, 0.6) is 11.5 Å². The third-order valence-corrected chi connectivity index (χ3v) is 3.80. The predicted octanol–water partition coefficient (Wildman–Crippen LogP) is 3.55. The van der Waals surface area contributed by atoms with Crippen LogP contribution >= 0.6 is 11.6 Å². The van der Waals surface area contributed by atoms with Gasteiger partial charge in [0.05, 0.1) is 6.20 Å². The van der Waals surface area contributed by atoms with E-state index in [1.54, 1.807) is 6.20 Å². The largest absolute Gasteiger partial charge is 0.452 e. The summed E-state index contributed by atoms with van der Waals surface area (Å²) in [7, 11) is 2.09. The van der Waals surface area contributed by atoms with Crippen LogP contribution in [0.4, 0.5) is 0 Å². The Bertz CT molecular complexity index is 555. The molecule has 1 fully saturated rings. The first-order valence-corrected chi connectivity index (χ1v) is 6.79. The molecule has 19 heavy (non-hydrogen) atoms. The molecular formula is C14H16ClN3O. The maximum absolute atomic E-state index is 6.37. The van der Waals surface area contributed by atoms with Crippen LogP contribution in [-0.4, -0.2) is 28.3 Å².